The molecule has 0 saturated carbocycles. The number of halogens is 3. The number of hydrogen-bond acceptors (Lipinski definition) is 5. The predicted molar refractivity (Wildman–Crippen MR) is 146 cm³/mol. The van der Waals surface area contributed by atoms with Gasteiger partial charge in [0.15, 0.2) is 16.7 Å². The zero-order chi connectivity index (χ0) is 24.2. The number of aliphatic imine (C=N–C) groups is 1. The van der Waals surface area contributed by atoms with E-state index in [1.165, 1.54) is 11.8 Å². The first-order valence-electron chi connectivity index (χ1n) is 10.1. The molecule has 1 amide bonds. The van der Waals surface area contributed by atoms with Crippen LogP contribution in [0.5, 0.6) is 11.5 Å². The molecule has 1 N–H and O–H groups in total. The highest BCUT2D eigenvalue weighted by Gasteiger charge is 2.25. The van der Waals surface area contributed by atoms with Gasteiger partial charge in [0.2, 0.25) is 0 Å². The van der Waals surface area contributed by atoms with E-state index in [1.807, 2.05) is 61.5 Å². The number of ether oxygens (including phenoxy) is 2. The fourth-order valence-corrected chi connectivity index (χ4v) is 4.82. The Kier molecular flexibility index (Phi) is 8.03. The predicted octanol–water partition coefficient (Wildman–Crippen LogP) is 7.65. The van der Waals surface area contributed by atoms with E-state index in [4.69, 9.17) is 21.1 Å². The molecule has 9 heteroatoms. The molecule has 5 nitrogen and oxygen atoms in total. The standard InChI is InChI=1S/C25H19Br2ClN2O3S/c1-14-19(28)4-3-5-20(14)29-25-30-24(31)23(34-25)11-16-10-21(32-2)22(12-18(16)27)33-13-15-6-8-17(26)9-7-15/h3-12H,13H2,1-2H3,(H,29,30,31)/b23-11+. The lowest BCUT2D eigenvalue weighted by molar-refractivity contribution is -0.115. The number of carbonyl (C=O) groups is 1. The lowest BCUT2D eigenvalue weighted by Gasteiger charge is -2.13. The fraction of sp³-hybridized carbons (Fsp3) is 0.120. The lowest BCUT2D eigenvalue weighted by atomic mass is 10.2. The van der Waals surface area contributed by atoms with Gasteiger partial charge in [0.25, 0.3) is 5.91 Å². The Morgan fingerprint density at radius 3 is 2.62 bits per heavy atom. The van der Waals surface area contributed by atoms with Gasteiger partial charge in [-0.05, 0) is 77.9 Å². The zero-order valence-corrected chi connectivity index (χ0v) is 22.9. The smallest absolute Gasteiger partial charge is 0.264 e. The molecule has 1 saturated heterocycles. The van der Waals surface area contributed by atoms with Crippen molar-refractivity contribution in [2.45, 2.75) is 13.5 Å². The van der Waals surface area contributed by atoms with Crippen molar-refractivity contribution in [3.63, 3.8) is 0 Å². The summed E-state index contributed by atoms with van der Waals surface area (Å²) in [4.78, 5) is 17.6. The second-order valence-corrected chi connectivity index (χ2v) is 10.5. The van der Waals surface area contributed by atoms with E-state index < -0.39 is 0 Å². The average molecular weight is 623 g/mol. The maximum Gasteiger partial charge on any atom is 0.264 e. The van der Waals surface area contributed by atoms with Crippen LogP contribution in [0.25, 0.3) is 6.08 Å². The van der Waals surface area contributed by atoms with Crippen LogP contribution in [0.15, 0.2) is 73.4 Å². The van der Waals surface area contributed by atoms with Gasteiger partial charge in [-0.15, -0.1) is 0 Å². The van der Waals surface area contributed by atoms with Gasteiger partial charge in [-0.1, -0.05) is 61.7 Å². The third-order valence-electron chi connectivity index (χ3n) is 4.99. The van der Waals surface area contributed by atoms with Gasteiger partial charge in [-0.2, -0.15) is 0 Å². The summed E-state index contributed by atoms with van der Waals surface area (Å²) in [6.45, 7) is 2.29. The molecule has 0 radical (unpaired) electrons. The van der Waals surface area contributed by atoms with Crippen LogP contribution in [-0.2, 0) is 11.4 Å². The molecule has 1 heterocycles. The molecule has 0 atom stereocenters. The number of hydrogen-bond donors (Lipinski definition) is 1. The van der Waals surface area contributed by atoms with E-state index >= 15 is 0 Å². The van der Waals surface area contributed by atoms with Crippen LogP contribution in [-0.4, -0.2) is 18.2 Å². The van der Waals surface area contributed by atoms with Gasteiger partial charge < -0.3 is 14.8 Å². The quantitative estimate of drug-likeness (QED) is 0.287. The van der Waals surface area contributed by atoms with E-state index in [0.29, 0.717) is 38.9 Å². The highest BCUT2D eigenvalue weighted by molar-refractivity contribution is 9.10. The molecule has 0 aromatic heterocycles. The van der Waals surface area contributed by atoms with Gasteiger partial charge in [-0.3, -0.25) is 4.79 Å². The molecule has 1 fully saturated rings. The van der Waals surface area contributed by atoms with Crippen molar-refractivity contribution in [3.05, 3.63) is 90.2 Å². The molecule has 0 bridgehead atoms. The van der Waals surface area contributed by atoms with Gasteiger partial charge in [-0.25, -0.2) is 4.99 Å². The molecule has 0 spiro atoms. The maximum atomic E-state index is 12.6. The summed E-state index contributed by atoms with van der Waals surface area (Å²) in [7, 11) is 1.59. The third kappa shape index (κ3) is 5.86. The molecule has 3 aromatic rings. The Morgan fingerprint density at radius 2 is 1.88 bits per heavy atom. The third-order valence-corrected chi connectivity index (χ3v) is 7.52. The molecule has 0 unspecified atom stereocenters. The van der Waals surface area contributed by atoms with Crippen molar-refractivity contribution in [3.8, 4) is 11.5 Å². The van der Waals surface area contributed by atoms with Crippen LogP contribution in [0.1, 0.15) is 16.7 Å². The molecule has 34 heavy (non-hydrogen) atoms. The first-order valence-corrected chi connectivity index (χ1v) is 12.9. The Hall–Kier alpha value is -2.26. The first kappa shape index (κ1) is 24.9. The molecule has 3 aromatic carbocycles. The number of amides is 1. The van der Waals surface area contributed by atoms with Gasteiger partial charge in [0.1, 0.15) is 6.61 Å². The van der Waals surface area contributed by atoms with Crippen LogP contribution in [0.3, 0.4) is 0 Å². The Bertz CT molecular complexity index is 1310. The summed E-state index contributed by atoms with van der Waals surface area (Å²) in [6.07, 6.45) is 1.79. The van der Waals surface area contributed by atoms with Crippen LogP contribution in [0, 0.1) is 6.92 Å². The minimum absolute atomic E-state index is 0.218. The minimum Gasteiger partial charge on any atom is -0.493 e. The summed E-state index contributed by atoms with van der Waals surface area (Å²) in [5.41, 5.74) is 3.39. The molecular weight excluding hydrogens is 604 g/mol. The van der Waals surface area contributed by atoms with Gasteiger partial charge in [0.05, 0.1) is 17.7 Å². The lowest BCUT2D eigenvalue weighted by Crippen LogP contribution is -2.19. The monoisotopic (exact) mass is 620 g/mol. The summed E-state index contributed by atoms with van der Waals surface area (Å²) in [6, 6.07) is 17.1. The van der Waals surface area contributed by atoms with Crippen molar-refractivity contribution in [2.24, 2.45) is 4.99 Å². The van der Waals surface area contributed by atoms with Crippen LogP contribution in [0.4, 0.5) is 5.69 Å². The topological polar surface area (TPSA) is 59.9 Å². The highest BCUT2D eigenvalue weighted by Crippen LogP contribution is 2.37. The average Bonchev–Trinajstić information content (AvgIpc) is 3.16. The SMILES string of the molecule is COc1cc(/C=C2/SC(=Nc3cccc(Cl)c3C)NC2=O)c(Br)cc1OCc1ccc(Br)cc1. The van der Waals surface area contributed by atoms with Gasteiger partial charge in [0, 0.05) is 14.0 Å². The molecular formula is C25H19Br2ClN2O3S. The van der Waals surface area contributed by atoms with E-state index in [1.54, 1.807) is 13.2 Å². The van der Waals surface area contributed by atoms with Gasteiger partial charge >= 0.3 is 0 Å². The number of benzene rings is 3. The largest absolute Gasteiger partial charge is 0.493 e. The minimum atomic E-state index is -0.218. The Balaban J connectivity index is 1.55. The summed E-state index contributed by atoms with van der Waals surface area (Å²) >= 11 is 14.5. The number of nitrogens with zero attached hydrogens (tertiary/aromatic N) is 1. The molecule has 0 aliphatic carbocycles. The van der Waals surface area contributed by atoms with Crippen LogP contribution < -0.4 is 14.8 Å². The zero-order valence-electron chi connectivity index (χ0n) is 18.2. The van der Waals surface area contributed by atoms with Crippen LogP contribution >= 0.6 is 55.2 Å². The number of thioether (sulfide) groups is 1. The van der Waals surface area contributed by atoms with Crippen LogP contribution in [0.2, 0.25) is 5.02 Å². The van der Waals surface area contributed by atoms with Crippen molar-refractivity contribution in [1.82, 2.24) is 5.32 Å². The van der Waals surface area contributed by atoms with E-state index in [-0.39, 0.29) is 5.91 Å². The number of methoxy groups -OCH3 is 1. The Labute approximate surface area is 223 Å². The summed E-state index contributed by atoms with van der Waals surface area (Å²) < 4.78 is 13.3. The first-order chi connectivity index (χ1) is 16.3. The highest BCUT2D eigenvalue weighted by atomic mass is 79.9. The molecule has 174 valence electrons. The second kappa shape index (κ2) is 11.0. The molecule has 4 rings (SSSR count). The molecule has 1 aliphatic rings. The Morgan fingerprint density at radius 1 is 1.12 bits per heavy atom. The summed E-state index contributed by atoms with van der Waals surface area (Å²) in [5, 5.41) is 3.94. The number of rotatable bonds is 6. The number of nitrogens with one attached hydrogen (secondary N) is 1. The number of amidine groups is 1. The second-order valence-electron chi connectivity index (χ2n) is 7.31. The van der Waals surface area contributed by atoms with E-state index in [0.717, 1.165) is 25.6 Å². The fourth-order valence-electron chi connectivity index (χ4n) is 3.12. The summed E-state index contributed by atoms with van der Waals surface area (Å²) in [5.74, 6) is 0.950. The van der Waals surface area contributed by atoms with E-state index in [9.17, 15) is 4.79 Å². The molecule has 1 aliphatic heterocycles. The van der Waals surface area contributed by atoms with E-state index in [2.05, 4.69) is 42.2 Å². The maximum absolute atomic E-state index is 12.6. The number of carbonyl (C=O) groups excluding carboxylic acids is 1. The van der Waals surface area contributed by atoms with Crippen molar-refractivity contribution in [2.75, 3.05) is 7.11 Å². The van der Waals surface area contributed by atoms with Crippen molar-refractivity contribution < 1.29 is 14.3 Å². The van der Waals surface area contributed by atoms with Crippen molar-refractivity contribution in [1.29, 1.82) is 0 Å². The van der Waals surface area contributed by atoms with Crippen molar-refractivity contribution >= 4 is 78.1 Å². The normalized spacial score (nSPS) is 15.6.